The van der Waals surface area contributed by atoms with Crippen LogP contribution < -0.4 is 4.74 Å². The highest BCUT2D eigenvalue weighted by molar-refractivity contribution is 5.95. The van der Waals surface area contributed by atoms with E-state index in [2.05, 4.69) is 4.98 Å². The maximum Gasteiger partial charge on any atom is 0.328 e. The van der Waals surface area contributed by atoms with Gasteiger partial charge in [0, 0.05) is 12.6 Å². The molecule has 0 saturated carbocycles. The molecule has 0 radical (unpaired) electrons. The summed E-state index contributed by atoms with van der Waals surface area (Å²) in [6.07, 6.45) is -0.0574. The first-order valence-electron chi connectivity index (χ1n) is 6.74. The highest BCUT2D eigenvalue weighted by Gasteiger charge is 2.33. The number of ether oxygens (including phenoxy) is 2. The summed E-state index contributed by atoms with van der Waals surface area (Å²) in [5, 5.41) is 9.16. The van der Waals surface area contributed by atoms with Gasteiger partial charge < -0.3 is 19.5 Å². The van der Waals surface area contributed by atoms with Crippen LogP contribution in [0, 0.1) is 0 Å². The molecule has 0 aromatic carbocycles. The third kappa shape index (κ3) is 3.69. The average molecular weight is 294 g/mol. The van der Waals surface area contributed by atoms with Crippen molar-refractivity contribution in [2.45, 2.75) is 26.0 Å². The molecule has 0 spiro atoms. The van der Waals surface area contributed by atoms with E-state index < -0.39 is 17.9 Å². The van der Waals surface area contributed by atoms with Gasteiger partial charge in [-0.1, -0.05) is 6.07 Å². The Bertz CT molecular complexity index is 532. The monoisotopic (exact) mass is 294 g/mol. The summed E-state index contributed by atoms with van der Waals surface area (Å²) >= 11 is 0. The molecular formula is C14H18N2O5. The lowest BCUT2D eigenvalue weighted by Crippen LogP contribution is -2.52. The fourth-order valence-electron chi connectivity index (χ4n) is 2.04. The van der Waals surface area contributed by atoms with Crippen LogP contribution in [-0.2, 0) is 9.53 Å². The highest BCUT2D eigenvalue weighted by Crippen LogP contribution is 2.15. The quantitative estimate of drug-likeness (QED) is 0.883. The lowest BCUT2D eigenvalue weighted by molar-refractivity contribution is -0.147. The minimum Gasteiger partial charge on any atom is -0.480 e. The number of pyridine rings is 1. The molecule has 21 heavy (non-hydrogen) atoms. The second kappa shape index (κ2) is 6.53. The van der Waals surface area contributed by atoms with E-state index in [4.69, 9.17) is 14.6 Å². The zero-order chi connectivity index (χ0) is 15.4. The van der Waals surface area contributed by atoms with Gasteiger partial charge in [-0.05, 0) is 19.9 Å². The molecule has 7 heteroatoms. The SMILES string of the molecule is CC(C)Oc1cccc(C(=O)N2CCOC[C@@H]2C(=O)O)n1. The average Bonchev–Trinajstić information content (AvgIpc) is 2.46. The van der Waals surface area contributed by atoms with E-state index in [1.807, 2.05) is 13.8 Å². The van der Waals surface area contributed by atoms with E-state index in [-0.39, 0.29) is 24.9 Å². The predicted octanol–water partition coefficient (Wildman–Crippen LogP) is 0.794. The molecule has 1 atom stereocenters. The molecule has 2 rings (SSSR count). The van der Waals surface area contributed by atoms with Crippen molar-refractivity contribution in [3.8, 4) is 5.88 Å². The van der Waals surface area contributed by atoms with Crippen molar-refractivity contribution in [2.24, 2.45) is 0 Å². The van der Waals surface area contributed by atoms with Crippen molar-refractivity contribution in [2.75, 3.05) is 19.8 Å². The number of hydrogen-bond donors (Lipinski definition) is 1. The van der Waals surface area contributed by atoms with Crippen LogP contribution in [0.15, 0.2) is 18.2 Å². The van der Waals surface area contributed by atoms with Crippen molar-refractivity contribution >= 4 is 11.9 Å². The summed E-state index contributed by atoms with van der Waals surface area (Å²) in [6, 6.07) is 3.88. The fourth-order valence-corrected chi connectivity index (χ4v) is 2.04. The number of carbonyl (C=O) groups excluding carboxylic acids is 1. The molecule has 0 bridgehead atoms. The third-order valence-electron chi connectivity index (χ3n) is 2.97. The molecule has 0 unspecified atom stereocenters. The number of nitrogens with zero attached hydrogens (tertiary/aromatic N) is 2. The number of amides is 1. The second-order valence-electron chi connectivity index (χ2n) is 4.96. The molecule has 1 saturated heterocycles. The molecule has 1 fully saturated rings. The molecule has 2 heterocycles. The normalized spacial score (nSPS) is 18.6. The van der Waals surface area contributed by atoms with Gasteiger partial charge in [-0.2, -0.15) is 0 Å². The Kier molecular flexibility index (Phi) is 4.74. The van der Waals surface area contributed by atoms with Crippen molar-refractivity contribution in [3.05, 3.63) is 23.9 Å². The maximum absolute atomic E-state index is 12.4. The first-order valence-corrected chi connectivity index (χ1v) is 6.74. The van der Waals surface area contributed by atoms with E-state index in [0.29, 0.717) is 12.5 Å². The van der Waals surface area contributed by atoms with Crippen molar-refractivity contribution < 1.29 is 24.2 Å². The van der Waals surface area contributed by atoms with Crippen LogP contribution in [0.1, 0.15) is 24.3 Å². The number of carboxylic acid groups (broad SMARTS) is 1. The van der Waals surface area contributed by atoms with E-state index in [1.165, 1.54) is 4.90 Å². The number of hydrogen-bond acceptors (Lipinski definition) is 5. The van der Waals surface area contributed by atoms with Gasteiger partial charge in [-0.3, -0.25) is 4.79 Å². The van der Waals surface area contributed by atoms with Crippen LogP contribution >= 0.6 is 0 Å². The third-order valence-corrected chi connectivity index (χ3v) is 2.97. The molecule has 114 valence electrons. The Morgan fingerprint density at radius 2 is 2.24 bits per heavy atom. The van der Waals surface area contributed by atoms with Gasteiger partial charge in [-0.15, -0.1) is 0 Å². The summed E-state index contributed by atoms with van der Waals surface area (Å²) in [6.45, 7) is 4.25. The van der Waals surface area contributed by atoms with E-state index in [0.717, 1.165) is 0 Å². The van der Waals surface area contributed by atoms with Gasteiger partial charge in [-0.25, -0.2) is 9.78 Å². The Hall–Kier alpha value is -2.15. The van der Waals surface area contributed by atoms with E-state index in [9.17, 15) is 9.59 Å². The summed E-state index contributed by atoms with van der Waals surface area (Å²) in [7, 11) is 0. The minimum atomic E-state index is -1.09. The number of carboxylic acids is 1. The Morgan fingerprint density at radius 3 is 2.90 bits per heavy atom. The first kappa shape index (κ1) is 15.2. The van der Waals surface area contributed by atoms with E-state index >= 15 is 0 Å². The zero-order valence-electron chi connectivity index (χ0n) is 12.0. The van der Waals surface area contributed by atoms with Gasteiger partial charge in [0.1, 0.15) is 5.69 Å². The number of rotatable bonds is 4. The molecule has 1 aliphatic rings. The van der Waals surface area contributed by atoms with Crippen molar-refractivity contribution in [3.63, 3.8) is 0 Å². The lowest BCUT2D eigenvalue weighted by atomic mass is 10.2. The van der Waals surface area contributed by atoms with Crippen LogP contribution in [0.3, 0.4) is 0 Å². The Labute approximate surface area is 122 Å². The van der Waals surface area contributed by atoms with Gasteiger partial charge >= 0.3 is 5.97 Å². The largest absolute Gasteiger partial charge is 0.480 e. The van der Waals surface area contributed by atoms with Crippen molar-refractivity contribution in [1.82, 2.24) is 9.88 Å². The summed E-state index contributed by atoms with van der Waals surface area (Å²) in [5.41, 5.74) is 0.168. The van der Waals surface area contributed by atoms with Gasteiger partial charge in [0.2, 0.25) is 5.88 Å². The van der Waals surface area contributed by atoms with Gasteiger partial charge in [0.05, 0.1) is 19.3 Å². The van der Waals surface area contributed by atoms with Crippen LogP contribution in [0.25, 0.3) is 0 Å². The Morgan fingerprint density at radius 1 is 1.48 bits per heavy atom. The zero-order valence-corrected chi connectivity index (χ0v) is 12.0. The summed E-state index contributed by atoms with van der Waals surface area (Å²) in [5.74, 6) is -1.17. The van der Waals surface area contributed by atoms with Crippen LogP contribution in [-0.4, -0.2) is 58.8 Å². The highest BCUT2D eigenvalue weighted by atomic mass is 16.5. The lowest BCUT2D eigenvalue weighted by Gasteiger charge is -2.32. The second-order valence-corrected chi connectivity index (χ2v) is 4.96. The maximum atomic E-state index is 12.4. The number of carbonyl (C=O) groups is 2. The molecule has 1 aromatic heterocycles. The molecule has 1 amide bonds. The number of aromatic nitrogens is 1. The standard InChI is InChI=1S/C14H18N2O5/c1-9(2)21-12-5-3-4-10(15-12)13(17)16-6-7-20-8-11(16)14(18)19/h3-5,9,11H,6-8H2,1-2H3,(H,18,19)/t11-/m1/s1. The molecular weight excluding hydrogens is 276 g/mol. The molecule has 7 nitrogen and oxygen atoms in total. The van der Waals surface area contributed by atoms with Gasteiger partial charge in [0.25, 0.3) is 5.91 Å². The molecule has 1 aromatic rings. The number of aliphatic carboxylic acids is 1. The molecule has 1 N–H and O–H groups in total. The fraction of sp³-hybridized carbons (Fsp3) is 0.500. The Balaban J connectivity index is 2.20. The molecule has 0 aliphatic carbocycles. The van der Waals surface area contributed by atoms with Crippen LogP contribution in [0.5, 0.6) is 5.88 Å². The van der Waals surface area contributed by atoms with Crippen LogP contribution in [0.4, 0.5) is 0 Å². The predicted molar refractivity (Wildman–Crippen MR) is 73.3 cm³/mol. The van der Waals surface area contributed by atoms with E-state index in [1.54, 1.807) is 18.2 Å². The number of morpholine rings is 1. The van der Waals surface area contributed by atoms with Gasteiger partial charge in [0.15, 0.2) is 6.04 Å². The topological polar surface area (TPSA) is 89.0 Å². The summed E-state index contributed by atoms with van der Waals surface area (Å²) in [4.78, 5) is 29.0. The van der Waals surface area contributed by atoms with Crippen molar-refractivity contribution in [1.29, 1.82) is 0 Å². The smallest absolute Gasteiger partial charge is 0.328 e. The van der Waals surface area contributed by atoms with Crippen LogP contribution in [0.2, 0.25) is 0 Å². The molecule has 1 aliphatic heterocycles. The minimum absolute atomic E-state index is 0.0107. The first-order chi connectivity index (χ1) is 9.99. The summed E-state index contributed by atoms with van der Waals surface area (Å²) < 4.78 is 10.6.